The van der Waals surface area contributed by atoms with Gasteiger partial charge in [-0.15, -0.1) is 0 Å². The Labute approximate surface area is 128 Å². The number of aliphatic hydroxyl groups excluding tert-OH is 1. The van der Waals surface area contributed by atoms with E-state index in [0.29, 0.717) is 18.3 Å². The molecule has 1 atom stereocenters. The molecule has 0 aliphatic carbocycles. The maximum Gasteiger partial charge on any atom is 0.414 e. The average Bonchev–Trinajstić information content (AvgIpc) is 2.43. The van der Waals surface area contributed by atoms with E-state index in [4.69, 9.17) is 24.5 Å². The lowest BCUT2D eigenvalue weighted by Gasteiger charge is -2.14. The molecule has 22 heavy (non-hydrogen) atoms. The number of ether oxygens (including phenoxy) is 1. The minimum atomic E-state index is -1.82. The largest absolute Gasteiger partial charge is 0.508 e. The van der Waals surface area contributed by atoms with Crippen LogP contribution in [-0.2, 0) is 9.59 Å². The van der Waals surface area contributed by atoms with Crippen LogP contribution in [0.2, 0.25) is 0 Å². The second kappa shape index (κ2) is 10.4. The van der Waals surface area contributed by atoms with Gasteiger partial charge in [0, 0.05) is 18.7 Å². The Kier molecular flexibility index (Phi) is 9.31. The summed E-state index contributed by atoms with van der Waals surface area (Å²) in [5, 5.41) is 36.7. The fraction of sp³-hybridized carbons (Fsp3) is 0.429. The summed E-state index contributed by atoms with van der Waals surface area (Å²) in [4.78, 5) is 18.2. The summed E-state index contributed by atoms with van der Waals surface area (Å²) in [5.74, 6) is -2.93. The van der Waals surface area contributed by atoms with Crippen LogP contribution in [0.15, 0.2) is 24.3 Å². The van der Waals surface area contributed by atoms with Crippen molar-refractivity contribution in [3.63, 3.8) is 0 Å². The predicted octanol–water partition coefficient (Wildman–Crippen LogP) is 0.285. The monoisotopic (exact) mass is 315 g/mol. The zero-order chi connectivity index (χ0) is 17.1. The molecule has 0 aromatic heterocycles. The van der Waals surface area contributed by atoms with Crippen LogP contribution < -0.4 is 10.1 Å². The maximum absolute atomic E-state index is 9.58. The van der Waals surface area contributed by atoms with Crippen molar-refractivity contribution in [2.75, 3.05) is 13.2 Å². The zero-order valence-corrected chi connectivity index (χ0v) is 12.4. The summed E-state index contributed by atoms with van der Waals surface area (Å²) >= 11 is 0. The van der Waals surface area contributed by atoms with Crippen molar-refractivity contribution in [2.24, 2.45) is 0 Å². The van der Waals surface area contributed by atoms with E-state index in [1.165, 1.54) is 6.07 Å². The van der Waals surface area contributed by atoms with E-state index in [0.717, 1.165) is 0 Å². The third-order valence-electron chi connectivity index (χ3n) is 2.20. The highest BCUT2D eigenvalue weighted by Crippen LogP contribution is 2.17. The molecule has 5 N–H and O–H groups in total. The number of hydrogen-bond donors (Lipinski definition) is 5. The first-order valence-corrected chi connectivity index (χ1v) is 6.51. The molecule has 1 aromatic carbocycles. The highest BCUT2D eigenvalue weighted by atomic mass is 16.5. The van der Waals surface area contributed by atoms with Crippen LogP contribution in [0.1, 0.15) is 13.8 Å². The molecule has 1 aromatic rings. The lowest BCUT2D eigenvalue weighted by molar-refractivity contribution is -0.159. The number of carboxylic acid groups (broad SMARTS) is 2. The molecule has 0 fully saturated rings. The molecule has 0 bridgehead atoms. The van der Waals surface area contributed by atoms with Gasteiger partial charge in [0.1, 0.15) is 24.2 Å². The van der Waals surface area contributed by atoms with Crippen LogP contribution in [-0.4, -0.2) is 57.7 Å². The first-order valence-electron chi connectivity index (χ1n) is 6.51. The molecule has 0 heterocycles. The van der Waals surface area contributed by atoms with Crippen LogP contribution in [0.25, 0.3) is 0 Å². The number of aliphatic carboxylic acids is 2. The van der Waals surface area contributed by atoms with E-state index >= 15 is 0 Å². The van der Waals surface area contributed by atoms with Gasteiger partial charge in [0.2, 0.25) is 0 Å². The molecule has 0 aliphatic heterocycles. The van der Waals surface area contributed by atoms with E-state index in [1.807, 2.05) is 13.8 Å². The third kappa shape index (κ3) is 10.5. The Balaban J connectivity index is 0.000000626. The first kappa shape index (κ1) is 19.7. The quantitative estimate of drug-likeness (QED) is 0.472. The number of hydrogen-bond acceptors (Lipinski definition) is 6. The van der Waals surface area contributed by atoms with Gasteiger partial charge in [-0.3, -0.25) is 0 Å². The van der Waals surface area contributed by atoms with Gasteiger partial charge in [0.05, 0.1) is 0 Å². The van der Waals surface area contributed by atoms with Crippen molar-refractivity contribution in [2.45, 2.75) is 26.0 Å². The highest BCUT2D eigenvalue weighted by molar-refractivity contribution is 6.27. The SMILES string of the molecule is CC(C)NCC(O)COc1cccc(O)c1.O=C(O)C(=O)O. The number of aromatic hydroxyl groups is 1. The Morgan fingerprint density at radius 2 is 1.82 bits per heavy atom. The molecule has 124 valence electrons. The van der Waals surface area contributed by atoms with Gasteiger partial charge in [0.25, 0.3) is 0 Å². The van der Waals surface area contributed by atoms with Gasteiger partial charge >= 0.3 is 11.9 Å². The maximum atomic E-state index is 9.58. The molecule has 0 aliphatic rings. The van der Waals surface area contributed by atoms with Gasteiger partial charge in [-0.05, 0) is 12.1 Å². The van der Waals surface area contributed by atoms with Crippen molar-refractivity contribution < 1.29 is 34.8 Å². The van der Waals surface area contributed by atoms with E-state index in [1.54, 1.807) is 18.2 Å². The molecule has 0 saturated heterocycles. The third-order valence-corrected chi connectivity index (χ3v) is 2.20. The average molecular weight is 315 g/mol. The summed E-state index contributed by atoms with van der Waals surface area (Å²) in [6.07, 6.45) is -0.551. The summed E-state index contributed by atoms with van der Waals surface area (Å²) in [5.41, 5.74) is 0. The normalized spacial score (nSPS) is 11.3. The summed E-state index contributed by atoms with van der Waals surface area (Å²) in [6.45, 7) is 4.74. The molecule has 8 heteroatoms. The smallest absolute Gasteiger partial charge is 0.414 e. The van der Waals surface area contributed by atoms with Crippen LogP contribution in [0.5, 0.6) is 11.5 Å². The Morgan fingerprint density at radius 3 is 2.27 bits per heavy atom. The minimum Gasteiger partial charge on any atom is -0.508 e. The second-order valence-corrected chi connectivity index (χ2v) is 4.64. The van der Waals surface area contributed by atoms with Crippen molar-refractivity contribution in [3.8, 4) is 11.5 Å². The molecule has 0 saturated carbocycles. The van der Waals surface area contributed by atoms with Crippen molar-refractivity contribution in [3.05, 3.63) is 24.3 Å². The van der Waals surface area contributed by atoms with E-state index < -0.39 is 18.0 Å². The van der Waals surface area contributed by atoms with Crippen molar-refractivity contribution in [1.29, 1.82) is 0 Å². The number of phenolic OH excluding ortho intramolecular Hbond substituents is 1. The van der Waals surface area contributed by atoms with Crippen LogP contribution in [0, 0.1) is 0 Å². The Hall–Kier alpha value is -2.32. The van der Waals surface area contributed by atoms with E-state index in [-0.39, 0.29) is 12.4 Å². The van der Waals surface area contributed by atoms with Crippen molar-refractivity contribution in [1.82, 2.24) is 5.32 Å². The number of carboxylic acids is 2. The molecule has 0 spiro atoms. The molecule has 0 radical (unpaired) electrons. The Bertz CT molecular complexity index is 464. The van der Waals surface area contributed by atoms with E-state index in [2.05, 4.69) is 5.32 Å². The molecular weight excluding hydrogens is 294 g/mol. The molecule has 1 unspecified atom stereocenters. The minimum absolute atomic E-state index is 0.160. The van der Waals surface area contributed by atoms with E-state index in [9.17, 15) is 10.2 Å². The standard InChI is InChI=1S/C12H19NO3.C2H2O4/c1-9(2)13-7-11(15)8-16-12-5-3-4-10(14)6-12;3-1(4)2(5)6/h3-6,9,11,13-15H,7-8H2,1-2H3;(H,3,4)(H,5,6). The molecule has 1 rings (SSSR count). The fourth-order valence-electron chi connectivity index (χ4n) is 1.20. The Morgan fingerprint density at radius 1 is 1.23 bits per heavy atom. The van der Waals surface area contributed by atoms with Crippen LogP contribution >= 0.6 is 0 Å². The summed E-state index contributed by atoms with van der Waals surface area (Å²) in [6, 6.07) is 6.87. The summed E-state index contributed by atoms with van der Waals surface area (Å²) in [7, 11) is 0. The first-order chi connectivity index (χ1) is 10.2. The van der Waals surface area contributed by atoms with Gasteiger partial charge in [-0.2, -0.15) is 0 Å². The lowest BCUT2D eigenvalue weighted by atomic mass is 10.3. The topological polar surface area (TPSA) is 136 Å². The number of nitrogens with one attached hydrogen (secondary N) is 1. The number of aliphatic hydroxyl groups is 1. The molecule has 0 amide bonds. The molecular formula is C14H21NO7. The predicted molar refractivity (Wildman–Crippen MR) is 78.0 cm³/mol. The van der Waals surface area contributed by atoms with Gasteiger partial charge < -0.3 is 30.5 Å². The fourth-order valence-corrected chi connectivity index (χ4v) is 1.20. The van der Waals surface area contributed by atoms with Crippen LogP contribution in [0.3, 0.4) is 0 Å². The number of phenols is 1. The number of benzene rings is 1. The highest BCUT2D eigenvalue weighted by Gasteiger charge is 2.06. The van der Waals surface area contributed by atoms with Crippen LogP contribution in [0.4, 0.5) is 0 Å². The number of rotatable bonds is 6. The van der Waals surface area contributed by atoms with Gasteiger partial charge in [-0.25, -0.2) is 9.59 Å². The van der Waals surface area contributed by atoms with Gasteiger partial charge in [-0.1, -0.05) is 19.9 Å². The lowest BCUT2D eigenvalue weighted by Crippen LogP contribution is -2.35. The molecule has 8 nitrogen and oxygen atoms in total. The van der Waals surface area contributed by atoms with Crippen molar-refractivity contribution >= 4 is 11.9 Å². The zero-order valence-electron chi connectivity index (χ0n) is 12.4. The summed E-state index contributed by atoms with van der Waals surface area (Å²) < 4.78 is 5.33. The van der Waals surface area contributed by atoms with Gasteiger partial charge in [0.15, 0.2) is 0 Å². The second-order valence-electron chi connectivity index (χ2n) is 4.64. The number of carbonyl (C=O) groups is 2.